The third-order valence-electron chi connectivity index (χ3n) is 3.85. The van der Waals surface area contributed by atoms with Crippen LogP contribution < -0.4 is 9.47 Å². The van der Waals surface area contributed by atoms with Crippen molar-refractivity contribution in [1.29, 1.82) is 0 Å². The van der Waals surface area contributed by atoms with Crippen LogP contribution in [-0.2, 0) is 0 Å². The molecule has 1 heterocycles. The van der Waals surface area contributed by atoms with Crippen molar-refractivity contribution in [3.05, 3.63) is 23.8 Å². The Hall–Kier alpha value is -0.890. The van der Waals surface area contributed by atoms with Crippen LogP contribution in [0.2, 0.25) is 0 Å². The van der Waals surface area contributed by atoms with E-state index in [9.17, 15) is 0 Å². The molecule has 2 nitrogen and oxygen atoms in total. The van der Waals surface area contributed by atoms with Gasteiger partial charge in [0, 0.05) is 11.8 Å². The van der Waals surface area contributed by atoms with Crippen LogP contribution in [0.4, 0.5) is 0 Å². The van der Waals surface area contributed by atoms with E-state index in [0.29, 0.717) is 11.3 Å². The lowest BCUT2D eigenvalue weighted by Crippen LogP contribution is -2.14. The molecule has 1 fully saturated rings. The summed E-state index contributed by atoms with van der Waals surface area (Å²) in [6, 6.07) is 6.38. The second-order valence-corrected chi connectivity index (χ2v) is 5.83. The highest BCUT2D eigenvalue weighted by Gasteiger charge is 2.23. The molecule has 2 aliphatic rings. The van der Waals surface area contributed by atoms with Crippen molar-refractivity contribution < 1.29 is 9.47 Å². The molecule has 1 aromatic carbocycles. The largest absolute Gasteiger partial charge is 0.490 e. The molecule has 0 aromatic heterocycles. The second-order valence-electron chi connectivity index (χ2n) is 5.22. The third-order valence-corrected chi connectivity index (χ3v) is 4.25. The zero-order valence-corrected chi connectivity index (χ0v) is 11.3. The third kappa shape index (κ3) is 2.59. The molecule has 0 spiro atoms. The first-order chi connectivity index (χ1) is 8.83. The van der Waals surface area contributed by atoms with Crippen LogP contribution in [0.15, 0.2) is 18.2 Å². The van der Waals surface area contributed by atoms with Crippen LogP contribution in [0.3, 0.4) is 0 Å². The first-order valence-electron chi connectivity index (χ1n) is 6.86. The lowest BCUT2D eigenvalue weighted by atomic mass is 9.84. The van der Waals surface area contributed by atoms with Crippen LogP contribution >= 0.6 is 11.6 Å². The first kappa shape index (κ1) is 12.2. The Morgan fingerprint density at radius 3 is 2.67 bits per heavy atom. The molecule has 2 unspecified atom stereocenters. The number of hydrogen-bond acceptors (Lipinski definition) is 2. The van der Waals surface area contributed by atoms with Crippen molar-refractivity contribution in [3.8, 4) is 11.5 Å². The van der Waals surface area contributed by atoms with Gasteiger partial charge < -0.3 is 9.47 Å². The number of fused-ring (bicyclic) bond motifs is 1. The molecule has 18 heavy (non-hydrogen) atoms. The highest BCUT2D eigenvalue weighted by molar-refractivity contribution is 6.20. The van der Waals surface area contributed by atoms with Gasteiger partial charge in [-0.25, -0.2) is 0 Å². The molecule has 1 aliphatic carbocycles. The van der Waals surface area contributed by atoms with Gasteiger partial charge in [-0.2, -0.15) is 0 Å². The summed E-state index contributed by atoms with van der Waals surface area (Å²) < 4.78 is 11.4. The summed E-state index contributed by atoms with van der Waals surface area (Å²) in [4.78, 5) is 0. The molecule has 0 radical (unpaired) electrons. The van der Waals surface area contributed by atoms with Crippen LogP contribution in [0.5, 0.6) is 11.5 Å². The summed E-state index contributed by atoms with van der Waals surface area (Å²) in [5.74, 6) is 2.37. The maximum atomic E-state index is 6.27. The average molecular weight is 267 g/mol. The molecule has 3 rings (SSSR count). The fourth-order valence-electron chi connectivity index (χ4n) is 2.87. The molecule has 2 atom stereocenters. The molecule has 1 aliphatic heterocycles. The van der Waals surface area contributed by atoms with E-state index in [0.717, 1.165) is 44.0 Å². The SMILES string of the molecule is ClC1CCCC(c2ccc3c(c2)OCCCO3)C1. The molecular formula is C15H19ClO2. The number of benzene rings is 1. The zero-order valence-electron chi connectivity index (χ0n) is 10.5. The Kier molecular flexibility index (Phi) is 3.64. The van der Waals surface area contributed by atoms with Gasteiger partial charge in [0.15, 0.2) is 11.5 Å². The van der Waals surface area contributed by atoms with Crippen molar-refractivity contribution in [3.63, 3.8) is 0 Å². The van der Waals surface area contributed by atoms with E-state index in [1.165, 1.54) is 18.4 Å². The van der Waals surface area contributed by atoms with Gasteiger partial charge >= 0.3 is 0 Å². The summed E-state index contributed by atoms with van der Waals surface area (Å²) in [5.41, 5.74) is 1.35. The van der Waals surface area contributed by atoms with Crippen molar-refractivity contribution in [2.24, 2.45) is 0 Å². The standard InChI is InChI=1S/C15H19ClO2/c16-13-4-1-3-11(9-13)12-5-6-14-15(10-12)18-8-2-7-17-14/h5-6,10-11,13H,1-4,7-9H2. The quantitative estimate of drug-likeness (QED) is 0.712. The Morgan fingerprint density at radius 1 is 1.00 bits per heavy atom. The normalized spacial score (nSPS) is 27.6. The molecule has 1 saturated carbocycles. The fourth-order valence-corrected chi connectivity index (χ4v) is 3.24. The molecular weight excluding hydrogens is 248 g/mol. The monoisotopic (exact) mass is 266 g/mol. The average Bonchev–Trinajstić information content (AvgIpc) is 2.63. The lowest BCUT2D eigenvalue weighted by molar-refractivity contribution is 0.297. The van der Waals surface area contributed by atoms with Gasteiger partial charge in [0.05, 0.1) is 13.2 Å². The molecule has 0 N–H and O–H groups in total. The van der Waals surface area contributed by atoms with Crippen LogP contribution in [0, 0.1) is 0 Å². The minimum absolute atomic E-state index is 0.333. The maximum absolute atomic E-state index is 6.27. The van der Waals surface area contributed by atoms with Crippen molar-refractivity contribution >= 4 is 11.6 Å². The van der Waals surface area contributed by atoms with Gasteiger partial charge in [0.25, 0.3) is 0 Å². The summed E-state index contributed by atoms with van der Waals surface area (Å²) in [6.45, 7) is 1.50. The smallest absolute Gasteiger partial charge is 0.161 e. The van der Waals surface area contributed by atoms with E-state index >= 15 is 0 Å². The minimum atomic E-state index is 0.333. The van der Waals surface area contributed by atoms with E-state index in [2.05, 4.69) is 12.1 Å². The minimum Gasteiger partial charge on any atom is -0.490 e. The van der Waals surface area contributed by atoms with Gasteiger partial charge in [0.2, 0.25) is 0 Å². The number of alkyl halides is 1. The molecule has 0 bridgehead atoms. The summed E-state index contributed by atoms with van der Waals surface area (Å²) in [5, 5.41) is 0.333. The van der Waals surface area contributed by atoms with Gasteiger partial charge in [-0.05, 0) is 42.9 Å². The van der Waals surface area contributed by atoms with Crippen molar-refractivity contribution in [1.82, 2.24) is 0 Å². The summed E-state index contributed by atoms with van der Waals surface area (Å²) >= 11 is 6.27. The molecule has 0 amide bonds. The molecule has 98 valence electrons. The van der Waals surface area contributed by atoms with E-state index in [1.807, 2.05) is 6.07 Å². The van der Waals surface area contributed by atoms with E-state index in [1.54, 1.807) is 0 Å². The van der Waals surface area contributed by atoms with Crippen LogP contribution in [0.1, 0.15) is 43.6 Å². The Morgan fingerprint density at radius 2 is 1.83 bits per heavy atom. The number of halogens is 1. The van der Waals surface area contributed by atoms with Gasteiger partial charge in [-0.3, -0.25) is 0 Å². The van der Waals surface area contributed by atoms with E-state index in [4.69, 9.17) is 21.1 Å². The number of hydrogen-bond donors (Lipinski definition) is 0. The first-order valence-corrected chi connectivity index (χ1v) is 7.30. The summed E-state index contributed by atoms with van der Waals surface area (Å²) in [7, 11) is 0. The fraction of sp³-hybridized carbons (Fsp3) is 0.600. The van der Waals surface area contributed by atoms with Gasteiger partial charge in [-0.1, -0.05) is 12.5 Å². The van der Waals surface area contributed by atoms with Gasteiger partial charge in [-0.15, -0.1) is 11.6 Å². The van der Waals surface area contributed by atoms with Gasteiger partial charge in [0.1, 0.15) is 0 Å². The lowest BCUT2D eigenvalue weighted by Gasteiger charge is -2.26. The summed E-state index contributed by atoms with van der Waals surface area (Å²) in [6.07, 6.45) is 5.66. The topological polar surface area (TPSA) is 18.5 Å². The molecule has 1 aromatic rings. The highest BCUT2D eigenvalue weighted by Crippen LogP contribution is 2.39. The maximum Gasteiger partial charge on any atom is 0.161 e. The van der Waals surface area contributed by atoms with Crippen molar-refractivity contribution in [2.75, 3.05) is 13.2 Å². The predicted molar refractivity (Wildman–Crippen MR) is 72.9 cm³/mol. The van der Waals surface area contributed by atoms with E-state index < -0.39 is 0 Å². The number of ether oxygens (including phenoxy) is 2. The van der Waals surface area contributed by atoms with E-state index in [-0.39, 0.29) is 0 Å². The Balaban J connectivity index is 1.82. The van der Waals surface area contributed by atoms with Crippen LogP contribution in [-0.4, -0.2) is 18.6 Å². The van der Waals surface area contributed by atoms with Crippen LogP contribution in [0.25, 0.3) is 0 Å². The number of rotatable bonds is 1. The molecule has 3 heteroatoms. The Labute approximate surface area is 113 Å². The van der Waals surface area contributed by atoms with Crippen molar-refractivity contribution in [2.45, 2.75) is 43.4 Å². The predicted octanol–water partition coefficient (Wildman–Crippen LogP) is 4.11. The Bertz CT molecular complexity index is 419. The zero-order chi connectivity index (χ0) is 12.4. The molecule has 0 saturated heterocycles. The second kappa shape index (κ2) is 5.40. The highest BCUT2D eigenvalue weighted by atomic mass is 35.5.